The average Bonchev–Trinajstić information content (AvgIpc) is 2.88. The van der Waals surface area contributed by atoms with Gasteiger partial charge in [0.05, 0.1) is 4.90 Å². The number of hydrogen-bond acceptors (Lipinski definition) is 2. The van der Waals surface area contributed by atoms with Crippen LogP contribution >= 0.6 is 22.1 Å². The van der Waals surface area contributed by atoms with Crippen molar-refractivity contribution in [3.05, 3.63) is 71.2 Å². The summed E-state index contributed by atoms with van der Waals surface area (Å²) in [4.78, 5) is 1.54. The normalized spacial score (nSPS) is 12.8. The van der Waals surface area contributed by atoms with E-state index >= 15 is 0 Å². The molecule has 0 spiro atoms. The second kappa shape index (κ2) is 5.84. The molecule has 0 saturated carbocycles. The standard InChI is InChI=1S/C20H16ClO2S2/c1-13-3-9-19-17(11-13)18-12-16(25(2,22)23)8-10-20(18)24(19)15-6-4-14(21)5-7-15/h3-12H,1-2H3/q+1. The van der Waals surface area contributed by atoms with Crippen LogP contribution in [0.25, 0.3) is 25.1 Å². The first-order valence-corrected chi connectivity index (χ1v) is 11.3. The minimum Gasteiger partial charge on any atom is -0.224 e. The molecule has 0 aliphatic heterocycles. The molecular formula is C20H16ClO2S2+. The smallest absolute Gasteiger partial charge is 0.187 e. The third kappa shape index (κ3) is 2.84. The predicted molar refractivity (Wildman–Crippen MR) is 108 cm³/mol. The van der Waals surface area contributed by atoms with Gasteiger partial charge in [-0.3, -0.25) is 0 Å². The Balaban J connectivity index is 2.15. The summed E-state index contributed by atoms with van der Waals surface area (Å²) in [7, 11) is -3.48. The molecule has 2 nitrogen and oxygen atoms in total. The second-order valence-electron chi connectivity index (χ2n) is 6.19. The number of thiophene rings is 1. The van der Waals surface area contributed by atoms with Gasteiger partial charge in [0.1, 0.15) is 0 Å². The highest BCUT2D eigenvalue weighted by Gasteiger charge is 2.25. The number of aryl methyl sites for hydroxylation is 1. The summed E-state index contributed by atoms with van der Waals surface area (Å²) in [5.41, 5.74) is 1.16. The lowest BCUT2D eigenvalue weighted by Crippen LogP contribution is -1.95. The van der Waals surface area contributed by atoms with Crippen molar-refractivity contribution in [3.63, 3.8) is 0 Å². The zero-order chi connectivity index (χ0) is 17.8. The number of rotatable bonds is 2. The van der Waals surface area contributed by atoms with E-state index in [-0.39, 0.29) is 10.5 Å². The zero-order valence-corrected chi connectivity index (χ0v) is 16.2. The van der Waals surface area contributed by atoms with Crippen molar-refractivity contribution in [2.24, 2.45) is 0 Å². The van der Waals surface area contributed by atoms with Crippen molar-refractivity contribution in [2.75, 3.05) is 6.26 Å². The number of hydrogen-bond donors (Lipinski definition) is 0. The van der Waals surface area contributed by atoms with Gasteiger partial charge in [-0.25, -0.2) is 8.42 Å². The quantitative estimate of drug-likeness (QED) is 0.389. The van der Waals surface area contributed by atoms with Gasteiger partial charge in [-0.2, -0.15) is 0 Å². The minimum atomic E-state index is -3.24. The molecule has 0 aliphatic carbocycles. The van der Waals surface area contributed by atoms with Crippen molar-refractivity contribution in [1.82, 2.24) is 0 Å². The van der Waals surface area contributed by atoms with Crippen LogP contribution in [0.15, 0.2) is 65.6 Å². The highest BCUT2D eigenvalue weighted by atomic mass is 35.5. The molecule has 5 heteroatoms. The van der Waals surface area contributed by atoms with Gasteiger partial charge in [-0.15, -0.1) is 0 Å². The van der Waals surface area contributed by atoms with Gasteiger partial charge in [0.2, 0.25) is 0 Å². The highest BCUT2D eigenvalue weighted by molar-refractivity contribution is 7.90. The first-order chi connectivity index (χ1) is 11.8. The molecule has 4 aromatic rings. The van der Waals surface area contributed by atoms with Crippen LogP contribution in [0.1, 0.15) is 5.56 Å². The third-order valence-electron chi connectivity index (χ3n) is 4.29. The molecule has 0 saturated heterocycles. The molecule has 0 bridgehead atoms. The lowest BCUT2D eigenvalue weighted by molar-refractivity contribution is 0.602. The lowest BCUT2D eigenvalue weighted by atomic mass is 10.1. The Morgan fingerprint density at radius 3 is 2.08 bits per heavy atom. The molecule has 0 fully saturated rings. The number of benzene rings is 3. The third-order valence-corrected chi connectivity index (χ3v) is 7.99. The first kappa shape index (κ1) is 16.6. The second-order valence-corrected chi connectivity index (χ2v) is 10.6. The Morgan fingerprint density at radius 1 is 0.840 bits per heavy atom. The topological polar surface area (TPSA) is 34.1 Å². The van der Waals surface area contributed by atoms with Gasteiger partial charge in [0.25, 0.3) is 0 Å². The predicted octanol–water partition coefficient (Wildman–Crippen LogP) is 6.10. The summed E-state index contributed by atoms with van der Waals surface area (Å²) in [5.74, 6) is 0. The molecule has 25 heavy (non-hydrogen) atoms. The van der Waals surface area contributed by atoms with Gasteiger partial charge in [-0.05, 0) is 55.5 Å². The van der Waals surface area contributed by atoms with Crippen LogP contribution in [0.5, 0.6) is 0 Å². The van der Waals surface area contributed by atoms with Crippen molar-refractivity contribution in [3.8, 4) is 4.90 Å². The van der Waals surface area contributed by atoms with E-state index in [1.807, 2.05) is 24.3 Å². The van der Waals surface area contributed by atoms with E-state index < -0.39 is 9.84 Å². The Kier molecular flexibility index (Phi) is 3.87. The number of fused-ring (bicyclic) bond motifs is 3. The molecule has 1 aromatic heterocycles. The lowest BCUT2D eigenvalue weighted by Gasteiger charge is -1.97. The Morgan fingerprint density at radius 2 is 1.44 bits per heavy atom. The van der Waals surface area contributed by atoms with Crippen LogP contribution < -0.4 is 0 Å². The monoisotopic (exact) mass is 387 g/mol. The summed E-state index contributed by atoms with van der Waals surface area (Å²) in [5, 5.41) is 2.85. The van der Waals surface area contributed by atoms with Gasteiger partial charge >= 0.3 is 0 Å². The van der Waals surface area contributed by atoms with Crippen LogP contribution in [0.2, 0.25) is 5.02 Å². The van der Waals surface area contributed by atoms with E-state index in [4.69, 9.17) is 11.6 Å². The Hall–Kier alpha value is -1.88. The van der Waals surface area contributed by atoms with Gasteiger partial charge in [0.15, 0.2) is 24.1 Å². The number of sulfone groups is 1. The molecule has 3 aromatic carbocycles. The van der Waals surface area contributed by atoms with E-state index in [0.717, 1.165) is 21.0 Å². The van der Waals surface area contributed by atoms with Crippen LogP contribution in [0, 0.1) is 6.92 Å². The summed E-state index contributed by atoms with van der Waals surface area (Å²) in [6.45, 7) is 2.05. The van der Waals surface area contributed by atoms with Crippen LogP contribution in [0.3, 0.4) is 0 Å². The first-order valence-electron chi connectivity index (χ1n) is 7.79. The van der Waals surface area contributed by atoms with Crippen LogP contribution in [-0.2, 0) is 9.84 Å². The SMILES string of the molecule is Cc1ccc2c(c1)c1cc(S(C)(=O)=O)ccc1[s+]2-c1ccc(Cl)cc1. The molecule has 4 rings (SSSR count). The summed E-state index contributed by atoms with van der Waals surface area (Å²) < 4.78 is 26.4. The molecule has 1 atom stereocenters. The Bertz CT molecular complexity index is 1220. The van der Waals surface area contributed by atoms with Crippen molar-refractivity contribution in [1.29, 1.82) is 0 Å². The maximum atomic E-state index is 12.0. The maximum Gasteiger partial charge on any atom is 0.187 e. The molecule has 1 heterocycles. The van der Waals surface area contributed by atoms with E-state index in [9.17, 15) is 8.42 Å². The molecule has 0 aliphatic rings. The van der Waals surface area contributed by atoms with Gasteiger partial charge < -0.3 is 0 Å². The largest absolute Gasteiger partial charge is 0.224 e. The van der Waals surface area contributed by atoms with E-state index in [2.05, 4.69) is 37.3 Å². The van der Waals surface area contributed by atoms with E-state index in [1.54, 1.807) is 6.07 Å². The maximum absolute atomic E-state index is 12.0. The highest BCUT2D eigenvalue weighted by Crippen LogP contribution is 2.49. The molecule has 0 radical (unpaired) electrons. The van der Waals surface area contributed by atoms with Gasteiger partial charge in [-0.1, -0.05) is 23.2 Å². The summed E-state index contributed by atoms with van der Waals surface area (Å²) >= 11 is 6.05. The summed E-state index contributed by atoms with van der Waals surface area (Å²) in [6.07, 6.45) is 1.25. The average molecular weight is 388 g/mol. The van der Waals surface area contributed by atoms with Crippen molar-refractivity contribution in [2.45, 2.75) is 11.8 Å². The fourth-order valence-electron chi connectivity index (χ4n) is 3.10. The van der Waals surface area contributed by atoms with Crippen molar-refractivity contribution < 1.29 is 8.42 Å². The van der Waals surface area contributed by atoms with Gasteiger partial charge in [0, 0.05) is 38.6 Å². The van der Waals surface area contributed by atoms with Crippen molar-refractivity contribution >= 4 is 52.1 Å². The number of halogens is 1. The van der Waals surface area contributed by atoms with Crippen LogP contribution in [-0.4, -0.2) is 14.7 Å². The molecule has 126 valence electrons. The van der Waals surface area contributed by atoms with Crippen LogP contribution in [0.4, 0.5) is 0 Å². The minimum absolute atomic E-state index is 0.246. The molecular weight excluding hydrogens is 372 g/mol. The fourth-order valence-corrected chi connectivity index (χ4v) is 6.22. The van der Waals surface area contributed by atoms with E-state index in [1.165, 1.54) is 15.9 Å². The zero-order valence-electron chi connectivity index (χ0n) is 13.8. The summed E-state index contributed by atoms with van der Waals surface area (Å²) in [6, 6.07) is 19.8. The van der Waals surface area contributed by atoms with E-state index in [0.29, 0.717) is 9.92 Å². The molecule has 0 amide bonds. The molecule has 1 unspecified atom stereocenters. The Labute approximate surface area is 154 Å². The molecule has 0 N–H and O–H groups in total. The fraction of sp³-hybridized carbons (Fsp3) is 0.100.